The third-order valence-electron chi connectivity index (χ3n) is 2.54. The number of nitrogens with zero attached hydrogens (tertiary/aromatic N) is 4. The molecule has 5 nitrogen and oxygen atoms in total. The highest BCUT2D eigenvalue weighted by Crippen LogP contribution is 2.11. The summed E-state index contributed by atoms with van der Waals surface area (Å²) in [5, 5.41) is 7.04. The van der Waals surface area contributed by atoms with Crippen LogP contribution in [0, 0.1) is 6.92 Å². The molecule has 0 unspecified atom stereocenters. The molecule has 0 atom stereocenters. The first-order valence-corrected chi connectivity index (χ1v) is 6.75. The second-order valence-corrected chi connectivity index (χ2v) is 5.53. The zero-order chi connectivity index (χ0) is 13.1. The van der Waals surface area contributed by atoms with E-state index in [9.17, 15) is 4.79 Å². The Hall–Kier alpha value is -1.56. The van der Waals surface area contributed by atoms with Crippen LogP contribution >= 0.6 is 11.3 Å². The zero-order valence-corrected chi connectivity index (χ0v) is 11.6. The van der Waals surface area contributed by atoms with E-state index in [4.69, 9.17) is 0 Å². The molecule has 2 aromatic rings. The Balaban J connectivity index is 2.01. The Labute approximate surface area is 110 Å². The summed E-state index contributed by atoms with van der Waals surface area (Å²) in [5.74, 6) is 0.845. The second kappa shape index (κ2) is 5.39. The van der Waals surface area contributed by atoms with Crippen LogP contribution in [0.4, 0.5) is 0 Å². The summed E-state index contributed by atoms with van der Waals surface area (Å²) in [5.41, 5.74) is 0.845. The molecule has 0 bridgehead atoms. The lowest BCUT2D eigenvalue weighted by molar-refractivity contribution is -0.118. The average molecular weight is 264 g/mol. The molecule has 2 aromatic heterocycles. The van der Waals surface area contributed by atoms with Gasteiger partial charge in [0.25, 0.3) is 0 Å². The van der Waals surface area contributed by atoms with Gasteiger partial charge in [0.15, 0.2) is 0 Å². The third-order valence-corrected chi connectivity index (χ3v) is 3.36. The predicted molar refractivity (Wildman–Crippen MR) is 69.7 cm³/mol. The lowest BCUT2D eigenvalue weighted by atomic mass is 10.1. The molecule has 0 aliphatic rings. The number of hydrogen-bond donors (Lipinski definition) is 0. The molecule has 0 N–H and O–H groups in total. The predicted octanol–water partition coefficient (Wildman–Crippen LogP) is 1.98. The number of thiazole rings is 1. The van der Waals surface area contributed by atoms with Gasteiger partial charge in [0, 0.05) is 17.8 Å². The lowest BCUT2D eigenvalue weighted by Crippen LogP contribution is -2.14. The minimum Gasteiger partial charge on any atom is -0.299 e. The number of carbonyl (C=O) groups is 1. The average Bonchev–Trinajstić information content (AvgIpc) is 2.87. The van der Waals surface area contributed by atoms with Crippen molar-refractivity contribution in [1.82, 2.24) is 19.7 Å². The number of rotatable bonds is 5. The van der Waals surface area contributed by atoms with Gasteiger partial charge in [-0.1, -0.05) is 0 Å². The van der Waals surface area contributed by atoms with Crippen LogP contribution < -0.4 is 0 Å². The van der Waals surface area contributed by atoms with Crippen LogP contribution in [0.15, 0.2) is 11.7 Å². The highest BCUT2D eigenvalue weighted by atomic mass is 32.1. The van der Waals surface area contributed by atoms with Crippen molar-refractivity contribution < 1.29 is 4.79 Å². The van der Waals surface area contributed by atoms with E-state index in [1.54, 1.807) is 16.0 Å². The van der Waals surface area contributed by atoms with Crippen LogP contribution in [-0.4, -0.2) is 25.5 Å². The topological polar surface area (TPSA) is 60.7 Å². The molecule has 0 fully saturated rings. The minimum atomic E-state index is 0.121. The lowest BCUT2D eigenvalue weighted by Gasteiger charge is -2.08. The van der Waals surface area contributed by atoms with Crippen LogP contribution in [0.25, 0.3) is 0 Å². The van der Waals surface area contributed by atoms with E-state index >= 15 is 0 Å². The van der Waals surface area contributed by atoms with E-state index < -0.39 is 0 Å². The van der Waals surface area contributed by atoms with Crippen molar-refractivity contribution in [2.45, 2.75) is 39.7 Å². The minimum absolute atomic E-state index is 0.121. The van der Waals surface area contributed by atoms with Crippen LogP contribution in [0.3, 0.4) is 0 Å². The van der Waals surface area contributed by atoms with Gasteiger partial charge in [0.1, 0.15) is 17.9 Å². The monoisotopic (exact) mass is 264 g/mol. The Bertz CT molecular complexity index is 544. The van der Waals surface area contributed by atoms with Gasteiger partial charge in [-0.25, -0.2) is 14.6 Å². The Morgan fingerprint density at radius 3 is 2.83 bits per heavy atom. The van der Waals surface area contributed by atoms with E-state index in [1.807, 2.05) is 26.2 Å². The molecular weight excluding hydrogens is 248 g/mol. The molecule has 2 heterocycles. The zero-order valence-electron chi connectivity index (χ0n) is 10.8. The summed E-state index contributed by atoms with van der Waals surface area (Å²) >= 11 is 1.57. The van der Waals surface area contributed by atoms with Gasteiger partial charge in [-0.05, 0) is 20.8 Å². The van der Waals surface area contributed by atoms with E-state index in [0.717, 1.165) is 16.5 Å². The van der Waals surface area contributed by atoms with Gasteiger partial charge in [0.2, 0.25) is 0 Å². The van der Waals surface area contributed by atoms with Gasteiger partial charge in [-0.15, -0.1) is 11.3 Å². The molecule has 0 aliphatic carbocycles. The molecule has 0 spiro atoms. The molecule has 0 radical (unpaired) electrons. The van der Waals surface area contributed by atoms with Crippen LogP contribution in [0.1, 0.15) is 36.4 Å². The normalized spacial score (nSPS) is 11.1. The van der Waals surface area contributed by atoms with Crippen molar-refractivity contribution in [3.63, 3.8) is 0 Å². The Morgan fingerprint density at radius 2 is 2.22 bits per heavy atom. The molecule has 0 saturated carbocycles. The van der Waals surface area contributed by atoms with Gasteiger partial charge in [0.05, 0.1) is 17.1 Å². The molecule has 18 heavy (non-hydrogen) atoms. The van der Waals surface area contributed by atoms with Crippen molar-refractivity contribution >= 4 is 17.1 Å². The molecule has 0 amide bonds. The van der Waals surface area contributed by atoms with E-state index in [-0.39, 0.29) is 11.8 Å². The summed E-state index contributed by atoms with van der Waals surface area (Å²) < 4.78 is 1.78. The van der Waals surface area contributed by atoms with Crippen molar-refractivity contribution in [3.8, 4) is 0 Å². The van der Waals surface area contributed by atoms with Crippen molar-refractivity contribution in [2.75, 3.05) is 0 Å². The fraction of sp³-hybridized carbons (Fsp3) is 0.500. The molecule has 96 valence electrons. The summed E-state index contributed by atoms with van der Waals surface area (Å²) in [6, 6.07) is 0.219. The summed E-state index contributed by atoms with van der Waals surface area (Å²) in [6.45, 7) is 5.98. The first-order chi connectivity index (χ1) is 8.56. The standard InChI is InChI=1S/C12H16N4OS/c1-8(2)16-12(13-7-14-16)5-11(17)4-10-6-18-9(3)15-10/h6-8H,4-5H2,1-3H3. The highest BCUT2D eigenvalue weighted by Gasteiger charge is 2.13. The fourth-order valence-electron chi connectivity index (χ4n) is 1.76. The first-order valence-electron chi connectivity index (χ1n) is 5.87. The number of carbonyl (C=O) groups excluding carboxylic acids is 1. The molecular formula is C12H16N4OS. The Kier molecular flexibility index (Phi) is 3.86. The number of Topliss-reactive ketones (excluding diaryl/α,β-unsaturated/α-hetero) is 1. The van der Waals surface area contributed by atoms with Crippen LogP contribution in [-0.2, 0) is 17.6 Å². The van der Waals surface area contributed by atoms with Crippen LogP contribution in [0.5, 0.6) is 0 Å². The van der Waals surface area contributed by atoms with Gasteiger partial charge >= 0.3 is 0 Å². The quantitative estimate of drug-likeness (QED) is 0.828. The van der Waals surface area contributed by atoms with E-state index in [1.165, 1.54) is 6.33 Å². The Morgan fingerprint density at radius 1 is 1.44 bits per heavy atom. The maximum Gasteiger partial charge on any atom is 0.146 e. The maximum atomic E-state index is 11.9. The SMILES string of the molecule is Cc1nc(CC(=O)Cc2ncnn2C(C)C)cs1. The summed E-state index contributed by atoms with van der Waals surface area (Å²) in [4.78, 5) is 20.4. The van der Waals surface area contributed by atoms with E-state index in [2.05, 4.69) is 15.1 Å². The maximum absolute atomic E-state index is 11.9. The van der Waals surface area contributed by atoms with Crippen molar-refractivity contribution in [3.05, 3.63) is 28.2 Å². The van der Waals surface area contributed by atoms with Gasteiger partial charge in [-0.2, -0.15) is 5.10 Å². The number of aryl methyl sites for hydroxylation is 1. The fourth-order valence-corrected chi connectivity index (χ4v) is 2.37. The molecule has 0 saturated heterocycles. The van der Waals surface area contributed by atoms with Gasteiger partial charge < -0.3 is 0 Å². The van der Waals surface area contributed by atoms with Crippen molar-refractivity contribution in [2.24, 2.45) is 0 Å². The first kappa shape index (κ1) is 12.9. The van der Waals surface area contributed by atoms with Gasteiger partial charge in [-0.3, -0.25) is 4.79 Å². The van der Waals surface area contributed by atoms with Crippen molar-refractivity contribution in [1.29, 1.82) is 0 Å². The smallest absolute Gasteiger partial charge is 0.146 e. The molecule has 0 aliphatic heterocycles. The number of aromatic nitrogens is 4. The second-order valence-electron chi connectivity index (χ2n) is 4.46. The number of hydrogen-bond acceptors (Lipinski definition) is 5. The highest BCUT2D eigenvalue weighted by molar-refractivity contribution is 7.09. The largest absolute Gasteiger partial charge is 0.299 e. The van der Waals surface area contributed by atoms with Crippen LogP contribution in [0.2, 0.25) is 0 Å². The third kappa shape index (κ3) is 3.01. The van der Waals surface area contributed by atoms with E-state index in [0.29, 0.717) is 12.8 Å². The molecule has 0 aromatic carbocycles. The number of ketones is 1. The molecule has 6 heteroatoms. The summed E-state index contributed by atoms with van der Waals surface area (Å²) in [7, 11) is 0. The summed E-state index contributed by atoms with van der Waals surface area (Å²) in [6.07, 6.45) is 2.18. The molecule has 2 rings (SSSR count).